The highest BCUT2D eigenvalue weighted by atomic mass is 16.5. The average Bonchev–Trinajstić information content (AvgIpc) is 2.58. The zero-order chi connectivity index (χ0) is 19.1. The lowest BCUT2D eigenvalue weighted by Gasteiger charge is -2.10. The molecular weight excluding hydrogens is 336 g/mol. The molecule has 0 spiro atoms. The first-order valence-electron chi connectivity index (χ1n) is 8.13. The maximum Gasteiger partial charge on any atom is 0.258 e. The number of aromatic hydroxyl groups is 2. The zero-order valence-corrected chi connectivity index (χ0v) is 14.7. The van der Waals surface area contributed by atoms with Gasteiger partial charge in [0.15, 0.2) is 6.61 Å². The van der Waals surface area contributed by atoms with Crippen LogP contribution in [0.15, 0.2) is 36.4 Å². The van der Waals surface area contributed by atoms with Gasteiger partial charge in [-0.1, -0.05) is 6.07 Å². The number of hydrogen-bond acceptors (Lipinski definition) is 5. The van der Waals surface area contributed by atoms with Crippen LogP contribution in [0.2, 0.25) is 0 Å². The maximum absolute atomic E-state index is 11.9. The molecule has 2 aromatic rings. The van der Waals surface area contributed by atoms with Gasteiger partial charge in [-0.25, -0.2) is 0 Å². The predicted molar refractivity (Wildman–Crippen MR) is 96.5 cm³/mol. The molecule has 2 rings (SSSR count). The molecule has 0 aliphatic heterocycles. The summed E-state index contributed by atoms with van der Waals surface area (Å²) < 4.78 is 5.42. The van der Waals surface area contributed by atoms with E-state index in [4.69, 9.17) is 4.74 Å². The predicted octanol–water partition coefficient (Wildman–Crippen LogP) is 1.64. The standard InChI is InChI=1S/C19H22N2O5/c1-12-3-4-17(7-13(12)2)26-11-18(24)20-5-6-21-19(25)14-8-15(22)10-16(23)9-14/h3-4,7-10,22-23H,5-6,11H2,1-2H3,(H,20,24)(H,21,25). The second-order valence-electron chi connectivity index (χ2n) is 5.88. The quantitative estimate of drug-likeness (QED) is 0.563. The average molecular weight is 358 g/mol. The van der Waals surface area contributed by atoms with Crippen molar-refractivity contribution in [3.8, 4) is 17.2 Å². The Kier molecular flexibility index (Phi) is 6.43. The van der Waals surface area contributed by atoms with E-state index in [1.54, 1.807) is 6.07 Å². The Morgan fingerprint density at radius 3 is 2.23 bits per heavy atom. The van der Waals surface area contributed by atoms with E-state index in [-0.39, 0.29) is 42.7 Å². The Morgan fingerprint density at radius 1 is 0.923 bits per heavy atom. The zero-order valence-electron chi connectivity index (χ0n) is 14.7. The van der Waals surface area contributed by atoms with Crippen LogP contribution >= 0.6 is 0 Å². The topological polar surface area (TPSA) is 108 Å². The van der Waals surface area contributed by atoms with Crippen molar-refractivity contribution in [2.75, 3.05) is 19.7 Å². The summed E-state index contributed by atoms with van der Waals surface area (Å²) in [5, 5.41) is 23.9. The van der Waals surface area contributed by atoms with Crippen molar-refractivity contribution < 1.29 is 24.5 Å². The lowest BCUT2D eigenvalue weighted by molar-refractivity contribution is -0.123. The van der Waals surface area contributed by atoms with E-state index in [1.165, 1.54) is 12.1 Å². The van der Waals surface area contributed by atoms with Crippen LogP contribution < -0.4 is 15.4 Å². The fourth-order valence-corrected chi connectivity index (χ4v) is 2.21. The molecule has 0 unspecified atom stereocenters. The third-order valence-corrected chi connectivity index (χ3v) is 3.75. The number of ether oxygens (including phenoxy) is 1. The van der Waals surface area contributed by atoms with Gasteiger partial charge >= 0.3 is 0 Å². The van der Waals surface area contributed by atoms with Gasteiger partial charge in [-0.15, -0.1) is 0 Å². The highest BCUT2D eigenvalue weighted by Gasteiger charge is 2.08. The van der Waals surface area contributed by atoms with Gasteiger partial charge in [-0.3, -0.25) is 9.59 Å². The lowest BCUT2D eigenvalue weighted by atomic mass is 10.1. The number of nitrogens with one attached hydrogen (secondary N) is 2. The van der Waals surface area contributed by atoms with Crippen LogP contribution in [0.3, 0.4) is 0 Å². The van der Waals surface area contributed by atoms with Crippen molar-refractivity contribution in [1.29, 1.82) is 0 Å². The highest BCUT2D eigenvalue weighted by Crippen LogP contribution is 2.20. The molecule has 7 heteroatoms. The van der Waals surface area contributed by atoms with E-state index in [2.05, 4.69) is 10.6 Å². The van der Waals surface area contributed by atoms with Crippen LogP contribution in [0, 0.1) is 13.8 Å². The molecule has 0 fully saturated rings. The molecule has 2 amide bonds. The van der Waals surface area contributed by atoms with Gasteiger partial charge in [-0.2, -0.15) is 0 Å². The van der Waals surface area contributed by atoms with E-state index in [1.807, 2.05) is 26.0 Å². The highest BCUT2D eigenvalue weighted by molar-refractivity contribution is 5.95. The molecule has 0 bridgehead atoms. The van der Waals surface area contributed by atoms with Gasteiger partial charge in [0.2, 0.25) is 0 Å². The summed E-state index contributed by atoms with van der Waals surface area (Å²) in [5.74, 6) is -0.538. The van der Waals surface area contributed by atoms with Gasteiger partial charge in [-0.05, 0) is 49.2 Å². The van der Waals surface area contributed by atoms with Crippen LogP contribution in [-0.4, -0.2) is 41.7 Å². The second kappa shape index (κ2) is 8.75. The lowest BCUT2D eigenvalue weighted by Crippen LogP contribution is -2.36. The largest absolute Gasteiger partial charge is 0.508 e. The second-order valence-corrected chi connectivity index (χ2v) is 5.88. The first-order valence-corrected chi connectivity index (χ1v) is 8.13. The smallest absolute Gasteiger partial charge is 0.258 e. The minimum atomic E-state index is -0.461. The van der Waals surface area contributed by atoms with Gasteiger partial charge in [0.25, 0.3) is 11.8 Å². The molecule has 26 heavy (non-hydrogen) atoms. The summed E-state index contributed by atoms with van der Waals surface area (Å²) in [6, 6.07) is 9.22. The monoisotopic (exact) mass is 358 g/mol. The fourth-order valence-electron chi connectivity index (χ4n) is 2.21. The van der Waals surface area contributed by atoms with E-state index in [0.717, 1.165) is 17.2 Å². The van der Waals surface area contributed by atoms with Crippen LogP contribution in [0.4, 0.5) is 0 Å². The number of aryl methyl sites for hydroxylation is 2. The van der Waals surface area contributed by atoms with Crippen LogP contribution in [-0.2, 0) is 4.79 Å². The van der Waals surface area contributed by atoms with Gasteiger partial charge in [0, 0.05) is 24.7 Å². The molecule has 0 saturated carbocycles. The Labute approximate surface area is 151 Å². The number of benzene rings is 2. The SMILES string of the molecule is Cc1ccc(OCC(=O)NCCNC(=O)c2cc(O)cc(O)c2)cc1C. The molecule has 0 aliphatic carbocycles. The Hall–Kier alpha value is -3.22. The molecular formula is C19H22N2O5. The molecule has 138 valence electrons. The minimum absolute atomic E-state index is 0.114. The number of hydrogen-bond donors (Lipinski definition) is 4. The molecule has 0 radical (unpaired) electrons. The summed E-state index contributed by atoms with van der Waals surface area (Å²) in [5.41, 5.74) is 2.37. The Balaban J connectivity index is 1.69. The summed E-state index contributed by atoms with van der Waals surface area (Å²) in [4.78, 5) is 23.7. The molecule has 0 saturated heterocycles. The summed E-state index contributed by atoms with van der Waals surface area (Å²) in [7, 11) is 0. The van der Waals surface area contributed by atoms with Gasteiger partial charge < -0.3 is 25.6 Å². The van der Waals surface area contributed by atoms with E-state index in [0.29, 0.717) is 5.75 Å². The molecule has 2 aromatic carbocycles. The van der Waals surface area contributed by atoms with Crippen LogP contribution in [0.5, 0.6) is 17.2 Å². The van der Waals surface area contributed by atoms with Crippen molar-refractivity contribution in [3.05, 3.63) is 53.1 Å². The number of carbonyl (C=O) groups excluding carboxylic acids is 2. The molecule has 0 aliphatic rings. The maximum atomic E-state index is 11.9. The van der Waals surface area contributed by atoms with E-state index < -0.39 is 5.91 Å². The van der Waals surface area contributed by atoms with Crippen molar-refractivity contribution in [2.45, 2.75) is 13.8 Å². The molecule has 4 N–H and O–H groups in total. The van der Waals surface area contributed by atoms with Crippen molar-refractivity contribution >= 4 is 11.8 Å². The van der Waals surface area contributed by atoms with E-state index in [9.17, 15) is 19.8 Å². The molecule has 0 aromatic heterocycles. The number of carbonyl (C=O) groups is 2. The molecule has 0 atom stereocenters. The fraction of sp³-hybridized carbons (Fsp3) is 0.263. The van der Waals surface area contributed by atoms with Crippen LogP contribution in [0.25, 0.3) is 0 Å². The molecule has 0 heterocycles. The van der Waals surface area contributed by atoms with E-state index >= 15 is 0 Å². The summed E-state index contributed by atoms with van der Waals surface area (Å²) >= 11 is 0. The van der Waals surface area contributed by atoms with Gasteiger partial charge in [0.1, 0.15) is 17.2 Å². The Morgan fingerprint density at radius 2 is 1.58 bits per heavy atom. The van der Waals surface area contributed by atoms with Crippen molar-refractivity contribution in [2.24, 2.45) is 0 Å². The molecule has 7 nitrogen and oxygen atoms in total. The third kappa shape index (κ3) is 5.70. The summed E-state index contributed by atoms with van der Waals surface area (Å²) in [6.45, 7) is 4.28. The van der Waals surface area contributed by atoms with Crippen molar-refractivity contribution in [3.63, 3.8) is 0 Å². The first-order chi connectivity index (χ1) is 12.3. The van der Waals surface area contributed by atoms with Gasteiger partial charge in [0.05, 0.1) is 0 Å². The number of phenolic OH excluding ortho intramolecular Hbond substituents is 2. The minimum Gasteiger partial charge on any atom is -0.508 e. The van der Waals surface area contributed by atoms with Crippen LogP contribution in [0.1, 0.15) is 21.5 Å². The first kappa shape index (κ1) is 19.1. The Bertz CT molecular complexity index is 784. The normalized spacial score (nSPS) is 10.2. The number of amides is 2. The summed E-state index contributed by atoms with van der Waals surface area (Å²) in [6.07, 6.45) is 0. The number of phenols is 2. The third-order valence-electron chi connectivity index (χ3n) is 3.75. The van der Waals surface area contributed by atoms with Crippen molar-refractivity contribution in [1.82, 2.24) is 10.6 Å². The number of rotatable bonds is 7.